The van der Waals surface area contributed by atoms with E-state index in [1.54, 1.807) is 7.11 Å². The van der Waals surface area contributed by atoms with Crippen LogP contribution < -0.4 is 4.74 Å². The molecule has 0 radical (unpaired) electrons. The Hall–Kier alpha value is -0.540. The summed E-state index contributed by atoms with van der Waals surface area (Å²) in [7, 11) is 1.65. The van der Waals surface area contributed by atoms with E-state index in [2.05, 4.69) is 29.8 Å². The Bertz CT molecular complexity index is 442. The Morgan fingerprint density at radius 1 is 1.37 bits per heavy atom. The zero-order valence-corrected chi connectivity index (χ0v) is 13.5. The number of aliphatic hydroxyl groups excluding tert-OH is 1. The first-order chi connectivity index (χ1) is 8.95. The van der Waals surface area contributed by atoms with E-state index >= 15 is 0 Å². The van der Waals surface area contributed by atoms with E-state index < -0.39 is 6.10 Å². The van der Waals surface area contributed by atoms with Crippen molar-refractivity contribution in [3.05, 3.63) is 28.2 Å². The Balaban J connectivity index is 2.25. The molecule has 106 valence electrons. The van der Waals surface area contributed by atoms with Gasteiger partial charge in [0.05, 0.1) is 13.2 Å². The zero-order chi connectivity index (χ0) is 14.0. The van der Waals surface area contributed by atoms with Gasteiger partial charge in [-0.3, -0.25) is 0 Å². The average Bonchev–Trinajstić information content (AvgIpc) is 2.37. The second kappa shape index (κ2) is 5.84. The largest absolute Gasteiger partial charge is 0.497 e. The molecule has 2 unspecified atom stereocenters. The Morgan fingerprint density at radius 2 is 2.11 bits per heavy atom. The highest BCUT2D eigenvalue weighted by Gasteiger charge is 2.37. The molecule has 1 N–H and O–H groups in total. The van der Waals surface area contributed by atoms with Crippen LogP contribution >= 0.6 is 15.9 Å². The molecule has 0 heterocycles. The second-order valence-corrected chi connectivity index (χ2v) is 7.03. The van der Waals surface area contributed by atoms with Crippen LogP contribution in [0.3, 0.4) is 0 Å². The van der Waals surface area contributed by atoms with E-state index in [9.17, 15) is 5.11 Å². The van der Waals surface area contributed by atoms with Crippen molar-refractivity contribution in [2.75, 3.05) is 7.11 Å². The maximum absolute atomic E-state index is 10.8. The molecule has 3 heteroatoms. The van der Waals surface area contributed by atoms with E-state index in [1.165, 1.54) is 19.3 Å². The third-order valence-electron chi connectivity index (χ3n) is 4.50. The van der Waals surface area contributed by atoms with Crippen LogP contribution in [0.1, 0.15) is 51.2 Å². The molecular weight excluding hydrogens is 304 g/mol. The summed E-state index contributed by atoms with van der Waals surface area (Å²) in [4.78, 5) is 0. The first kappa shape index (κ1) is 14.9. The van der Waals surface area contributed by atoms with Crippen LogP contribution in [0.15, 0.2) is 22.7 Å². The van der Waals surface area contributed by atoms with Crippen molar-refractivity contribution in [1.82, 2.24) is 0 Å². The average molecular weight is 327 g/mol. The predicted molar refractivity (Wildman–Crippen MR) is 81.4 cm³/mol. The third-order valence-corrected chi connectivity index (χ3v) is 5.18. The van der Waals surface area contributed by atoms with E-state index in [0.29, 0.717) is 5.92 Å². The molecule has 2 rings (SSSR count). The van der Waals surface area contributed by atoms with Gasteiger partial charge in [-0.05, 0) is 41.9 Å². The highest BCUT2D eigenvalue weighted by Crippen LogP contribution is 2.47. The van der Waals surface area contributed by atoms with Gasteiger partial charge in [-0.25, -0.2) is 0 Å². The lowest BCUT2D eigenvalue weighted by Crippen LogP contribution is -2.32. The molecule has 0 amide bonds. The van der Waals surface area contributed by atoms with Crippen molar-refractivity contribution < 1.29 is 9.84 Å². The molecule has 19 heavy (non-hydrogen) atoms. The molecule has 1 aliphatic carbocycles. The maximum atomic E-state index is 10.8. The predicted octanol–water partition coefficient (Wildman–Crippen LogP) is 4.71. The van der Waals surface area contributed by atoms with Crippen LogP contribution in [0.5, 0.6) is 5.75 Å². The molecule has 0 bridgehead atoms. The van der Waals surface area contributed by atoms with E-state index in [4.69, 9.17) is 4.74 Å². The summed E-state index contributed by atoms with van der Waals surface area (Å²) in [6.07, 6.45) is 4.39. The van der Waals surface area contributed by atoms with Gasteiger partial charge in [-0.2, -0.15) is 0 Å². The molecule has 2 atom stereocenters. The Morgan fingerprint density at radius 3 is 2.68 bits per heavy atom. The number of hydrogen-bond donors (Lipinski definition) is 1. The van der Waals surface area contributed by atoms with Gasteiger partial charge in [0.2, 0.25) is 0 Å². The van der Waals surface area contributed by atoms with Crippen LogP contribution in [0.4, 0.5) is 0 Å². The lowest BCUT2D eigenvalue weighted by atomic mass is 9.65. The standard InChI is InChI=1S/C16H23BrO2/c1-16(2)9-5-4-6-13(16)15(18)12-8-7-11(19-3)10-14(12)17/h7-8,10,13,15,18H,4-6,9H2,1-3H3. The summed E-state index contributed by atoms with van der Waals surface area (Å²) in [5.74, 6) is 1.14. The van der Waals surface area contributed by atoms with Gasteiger partial charge in [0.25, 0.3) is 0 Å². The lowest BCUT2D eigenvalue weighted by molar-refractivity contribution is 0.00345. The zero-order valence-electron chi connectivity index (χ0n) is 11.9. The quantitative estimate of drug-likeness (QED) is 0.871. The van der Waals surface area contributed by atoms with Gasteiger partial charge in [0, 0.05) is 4.47 Å². The van der Waals surface area contributed by atoms with Crippen molar-refractivity contribution in [2.45, 2.75) is 45.6 Å². The first-order valence-electron chi connectivity index (χ1n) is 6.97. The van der Waals surface area contributed by atoms with Gasteiger partial charge >= 0.3 is 0 Å². The van der Waals surface area contributed by atoms with Crippen LogP contribution in [0.2, 0.25) is 0 Å². The minimum Gasteiger partial charge on any atom is -0.497 e. The monoisotopic (exact) mass is 326 g/mol. The molecule has 1 aromatic carbocycles. The summed E-state index contributed by atoms with van der Waals surface area (Å²) in [5.41, 5.74) is 1.18. The molecule has 0 spiro atoms. The summed E-state index contributed by atoms with van der Waals surface area (Å²) >= 11 is 3.55. The van der Waals surface area contributed by atoms with Crippen LogP contribution in [-0.4, -0.2) is 12.2 Å². The van der Waals surface area contributed by atoms with E-state index in [-0.39, 0.29) is 5.41 Å². The topological polar surface area (TPSA) is 29.5 Å². The summed E-state index contributed by atoms with van der Waals surface area (Å²) in [6.45, 7) is 4.55. The van der Waals surface area contributed by atoms with Gasteiger partial charge in [-0.15, -0.1) is 0 Å². The number of ether oxygens (including phenoxy) is 1. The highest BCUT2D eigenvalue weighted by atomic mass is 79.9. The lowest BCUT2D eigenvalue weighted by Gasteiger charge is -2.41. The number of halogens is 1. The third kappa shape index (κ3) is 3.14. The Labute approximate surface area is 124 Å². The Kier molecular flexibility index (Phi) is 4.57. The van der Waals surface area contributed by atoms with Crippen molar-refractivity contribution in [1.29, 1.82) is 0 Å². The SMILES string of the molecule is COc1ccc(C(O)C2CCCCC2(C)C)c(Br)c1. The van der Waals surface area contributed by atoms with E-state index in [0.717, 1.165) is 22.2 Å². The fraction of sp³-hybridized carbons (Fsp3) is 0.625. The molecule has 1 fully saturated rings. The van der Waals surface area contributed by atoms with Crippen molar-refractivity contribution in [3.8, 4) is 5.75 Å². The van der Waals surface area contributed by atoms with Gasteiger partial charge in [-0.1, -0.05) is 48.7 Å². The fourth-order valence-electron chi connectivity index (χ4n) is 3.20. The summed E-state index contributed by atoms with van der Waals surface area (Å²) in [5, 5.41) is 10.8. The summed E-state index contributed by atoms with van der Waals surface area (Å²) in [6, 6.07) is 5.81. The molecular formula is C16H23BrO2. The van der Waals surface area contributed by atoms with Crippen LogP contribution in [0.25, 0.3) is 0 Å². The minimum atomic E-state index is -0.407. The molecule has 1 aliphatic rings. The van der Waals surface area contributed by atoms with Crippen LogP contribution in [0, 0.1) is 11.3 Å². The van der Waals surface area contributed by atoms with Crippen LogP contribution in [-0.2, 0) is 0 Å². The molecule has 0 aromatic heterocycles. The number of rotatable bonds is 3. The minimum absolute atomic E-state index is 0.205. The number of hydrogen-bond acceptors (Lipinski definition) is 2. The first-order valence-corrected chi connectivity index (χ1v) is 7.76. The highest BCUT2D eigenvalue weighted by molar-refractivity contribution is 9.10. The number of aliphatic hydroxyl groups is 1. The number of methoxy groups -OCH3 is 1. The normalized spacial score (nSPS) is 23.9. The van der Waals surface area contributed by atoms with E-state index in [1.807, 2.05) is 18.2 Å². The smallest absolute Gasteiger partial charge is 0.120 e. The van der Waals surface area contributed by atoms with Gasteiger partial charge in [0.15, 0.2) is 0 Å². The van der Waals surface area contributed by atoms with Crippen molar-refractivity contribution in [3.63, 3.8) is 0 Å². The number of benzene rings is 1. The van der Waals surface area contributed by atoms with Crippen molar-refractivity contribution in [2.24, 2.45) is 11.3 Å². The fourth-order valence-corrected chi connectivity index (χ4v) is 3.79. The molecule has 0 aliphatic heterocycles. The van der Waals surface area contributed by atoms with Crippen molar-refractivity contribution >= 4 is 15.9 Å². The molecule has 1 aromatic rings. The molecule has 2 nitrogen and oxygen atoms in total. The summed E-state index contributed by atoms with van der Waals surface area (Å²) < 4.78 is 6.14. The maximum Gasteiger partial charge on any atom is 0.120 e. The second-order valence-electron chi connectivity index (χ2n) is 6.17. The molecule has 1 saturated carbocycles. The van der Waals surface area contributed by atoms with Gasteiger partial charge < -0.3 is 9.84 Å². The molecule has 0 saturated heterocycles. The van der Waals surface area contributed by atoms with Gasteiger partial charge in [0.1, 0.15) is 5.75 Å².